The number of rotatable bonds is 12. The molecule has 0 spiro atoms. The summed E-state index contributed by atoms with van der Waals surface area (Å²) in [6.07, 6.45) is 1.67. The van der Waals surface area contributed by atoms with Crippen LogP contribution in [-0.2, 0) is 39.1 Å². The maximum atomic E-state index is 13.4. The molecular weight excluding hydrogens is 516 g/mol. The van der Waals surface area contributed by atoms with E-state index in [4.69, 9.17) is 14.3 Å². The van der Waals surface area contributed by atoms with Crippen LogP contribution in [0.1, 0.15) is 41.2 Å². The molecule has 1 aromatic heterocycles. The molecule has 12 heteroatoms. The maximum absolute atomic E-state index is 13.4. The minimum Gasteiger partial charge on any atom is -0.453 e. The standard InChI is InChI=1S/C25H30N4O6S2/c1-3-7-20-16-36-24(26-20)22(15-18-10-12-19(13-11-18)29-37(32,33)34)27-23(30)21(28-25(31)35-2)14-17-8-5-4-6-9-17/h4-6,8-13,16,21-22,29H,3,7,14-15H2,1-2H3,(H,27,30)(H,28,31)(H,32,33,34)/t21-,22-/m0/s1. The van der Waals surface area contributed by atoms with Gasteiger partial charge in [0.15, 0.2) is 0 Å². The van der Waals surface area contributed by atoms with Crippen LogP contribution >= 0.6 is 11.3 Å². The van der Waals surface area contributed by atoms with Gasteiger partial charge in [-0.1, -0.05) is 55.8 Å². The molecule has 3 rings (SSSR count). The van der Waals surface area contributed by atoms with Crippen molar-refractivity contribution in [2.75, 3.05) is 11.8 Å². The van der Waals surface area contributed by atoms with Gasteiger partial charge in [0.1, 0.15) is 11.0 Å². The van der Waals surface area contributed by atoms with E-state index in [0.29, 0.717) is 11.4 Å². The van der Waals surface area contributed by atoms with Crippen molar-refractivity contribution < 1.29 is 27.3 Å². The number of nitrogens with one attached hydrogen (secondary N) is 3. The van der Waals surface area contributed by atoms with Gasteiger partial charge in [-0.05, 0) is 36.1 Å². The molecule has 0 fully saturated rings. The number of alkyl carbamates (subject to hydrolysis) is 1. The number of aromatic nitrogens is 1. The van der Waals surface area contributed by atoms with Crippen molar-refractivity contribution in [2.24, 2.45) is 0 Å². The highest BCUT2D eigenvalue weighted by Crippen LogP contribution is 2.24. The number of nitrogens with zero attached hydrogens (tertiary/aromatic N) is 1. The fraction of sp³-hybridized carbons (Fsp3) is 0.320. The molecule has 2 aromatic carbocycles. The number of hydrogen-bond donors (Lipinski definition) is 4. The van der Waals surface area contributed by atoms with Gasteiger partial charge in [0.25, 0.3) is 0 Å². The second kappa shape index (κ2) is 13.2. The number of methoxy groups -OCH3 is 1. The first-order valence-electron chi connectivity index (χ1n) is 11.6. The van der Waals surface area contributed by atoms with E-state index in [1.807, 2.05) is 40.4 Å². The number of amides is 2. The topological polar surface area (TPSA) is 147 Å². The number of carbonyl (C=O) groups is 2. The maximum Gasteiger partial charge on any atom is 0.407 e. The Labute approximate surface area is 220 Å². The molecule has 198 valence electrons. The van der Waals surface area contributed by atoms with Gasteiger partial charge in [0.05, 0.1) is 24.5 Å². The number of ether oxygens (including phenoxy) is 1. The normalized spacial score (nSPS) is 12.8. The number of thiazole rings is 1. The lowest BCUT2D eigenvalue weighted by Crippen LogP contribution is -2.49. The van der Waals surface area contributed by atoms with Gasteiger partial charge >= 0.3 is 16.4 Å². The number of anilines is 1. The van der Waals surface area contributed by atoms with Crippen LogP contribution in [0, 0.1) is 0 Å². The highest BCUT2D eigenvalue weighted by Gasteiger charge is 2.26. The Morgan fingerprint density at radius 1 is 1.03 bits per heavy atom. The quantitative estimate of drug-likeness (QED) is 0.253. The molecule has 0 unspecified atom stereocenters. The third-order valence-corrected chi connectivity index (χ3v) is 6.91. The van der Waals surface area contributed by atoms with E-state index in [1.165, 1.54) is 30.6 Å². The summed E-state index contributed by atoms with van der Waals surface area (Å²) in [5.74, 6) is -0.392. The molecular formula is C25H30N4O6S2. The summed E-state index contributed by atoms with van der Waals surface area (Å²) in [5.41, 5.74) is 2.82. The minimum absolute atomic E-state index is 0.205. The molecule has 0 aliphatic rings. The molecule has 2 atom stereocenters. The van der Waals surface area contributed by atoms with Gasteiger partial charge in [-0.15, -0.1) is 11.3 Å². The molecule has 0 aliphatic carbocycles. The van der Waals surface area contributed by atoms with Crippen LogP contribution in [0.4, 0.5) is 10.5 Å². The second-order valence-corrected chi connectivity index (χ2v) is 10.4. The van der Waals surface area contributed by atoms with Crippen LogP contribution in [0.5, 0.6) is 0 Å². The van der Waals surface area contributed by atoms with Gasteiger partial charge in [-0.3, -0.25) is 14.1 Å². The SMILES string of the molecule is CCCc1csc([C@H](Cc2ccc(NS(=O)(=O)O)cc2)NC(=O)[C@H](Cc2ccccc2)NC(=O)OC)n1. The van der Waals surface area contributed by atoms with E-state index >= 15 is 0 Å². The van der Waals surface area contributed by atoms with Crippen LogP contribution in [0.2, 0.25) is 0 Å². The molecule has 10 nitrogen and oxygen atoms in total. The fourth-order valence-corrected chi connectivity index (χ4v) is 5.02. The van der Waals surface area contributed by atoms with E-state index in [1.54, 1.807) is 12.1 Å². The lowest BCUT2D eigenvalue weighted by molar-refractivity contribution is -0.123. The Bertz CT molecular complexity index is 1280. The number of carbonyl (C=O) groups excluding carboxylic acids is 2. The number of benzene rings is 2. The molecule has 0 radical (unpaired) electrons. The molecule has 0 aliphatic heterocycles. The minimum atomic E-state index is -4.38. The first-order valence-corrected chi connectivity index (χ1v) is 14.0. The summed E-state index contributed by atoms with van der Waals surface area (Å²) in [6.45, 7) is 2.06. The van der Waals surface area contributed by atoms with Crippen molar-refractivity contribution in [3.8, 4) is 0 Å². The largest absolute Gasteiger partial charge is 0.453 e. The molecule has 1 heterocycles. The van der Waals surface area contributed by atoms with Crippen molar-refractivity contribution >= 4 is 39.3 Å². The van der Waals surface area contributed by atoms with Crippen molar-refractivity contribution in [1.82, 2.24) is 15.6 Å². The Hall–Kier alpha value is -3.48. The lowest BCUT2D eigenvalue weighted by Gasteiger charge is -2.22. The monoisotopic (exact) mass is 546 g/mol. The average molecular weight is 547 g/mol. The van der Waals surface area contributed by atoms with E-state index in [2.05, 4.69) is 17.6 Å². The molecule has 3 aromatic rings. The van der Waals surface area contributed by atoms with Gasteiger partial charge in [0, 0.05) is 11.8 Å². The van der Waals surface area contributed by atoms with E-state index in [-0.39, 0.29) is 12.1 Å². The summed E-state index contributed by atoms with van der Waals surface area (Å²) in [7, 11) is -3.15. The van der Waals surface area contributed by atoms with Crippen LogP contribution in [-0.4, -0.2) is 43.1 Å². The number of hydrogen-bond acceptors (Lipinski definition) is 7. The third-order valence-electron chi connectivity index (χ3n) is 5.41. The summed E-state index contributed by atoms with van der Waals surface area (Å²) >= 11 is 1.44. The first kappa shape index (κ1) is 28.1. The Morgan fingerprint density at radius 3 is 2.32 bits per heavy atom. The van der Waals surface area contributed by atoms with E-state index < -0.39 is 34.4 Å². The van der Waals surface area contributed by atoms with E-state index in [0.717, 1.165) is 29.7 Å². The van der Waals surface area contributed by atoms with Crippen LogP contribution in [0.3, 0.4) is 0 Å². The van der Waals surface area contributed by atoms with Crippen molar-refractivity contribution in [2.45, 2.75) is 44.7 Å². The predicted octanol–water partition coefficient (Wildman–Crippen LogP) is 3.68. The smallest absolute Gasteiger partial charge is 0.407 e. The Morgan fingerprint density at radius 2 is 1.70 bits per heavy atom. The van der Waals surface area contributed by atoms with Crippen LogP contribution < -0.4 is 15.4 Å². The fourth-order valence-electron chi connectivity index (χ4n) is 3.68. The van der Waals surface area contributed by atoms with Gasteiger partial charge in [-0.2, -0.15) is 8.42 Å². The van der Waals surface area contributed by atoms with Gasteiger partial charge < -0.3 is 15.4 Å². The van der Waals surface area contributed by atoms with Gasteiger partial charge in [0.2, 0.25) is 5.91 Å². The molecule has 0 saturated heterocycles. The summed E-state index contributed by atoms with van der Waals surface area (Å²) in [5, 5.41) is 8.32. The van der Waals surface area contributed by atoms with Crippen molar-refractivity contribution in [3.63, 3.8) is 0 Å². The zero-order valence-corrected chi connectivity index (χ0v) is 22.1. The van der Waals surface area contributed by atoms with Crippen LogP contribution in [0.15, 0.2) is 60.0 Å². The summed E-state index contributed by atoms with van der Waals surface area (Å²) in [4.78, 5) is 30.1. The van der Waals surface area contributed by atoms with E-state index in [9.17, 15) is 18.0 Å². The molecule has 4 N–H and O–H groups in total. The van der Waals surface area contributed by atoms with Crippen molar-refractivity contribution in [1.29, 1.82) is 0 Å². The Kier molecular flexibility index (Phi) is 10.0. The molecule has 2 amide bonds. The lowest BCUT2D eigenvalue weighted by atomic mass is 10.0. The van der Waals surface area contributed by atoms with Gasteiger partial charge in [-0.25, -0.2) is 9.78 Å². The second-order valence-electron chi connectivity index (χ2n) is 8.34. The number of aryl methyl sites for hydroxylation is 1. The predicted molar refractivity (Wildman–Crippen MR) is 142 cm³/mol. The highest BCUT2D eigenvalue weighted by molar-refractivity contribution is 7.87. The van der Waals surface area contributed by atoms with Crippen molar-refractivity contribution in [3.05, 3.63) is 81.8 Å². The zero-order chi connectivity index (χ0) is 26.8. The third kappa shape index (κ3) is 9.16. The molecule has 0 saturated carbocycles. The zero-order valence-electron chi connectivity index (χ0n) is 20.5. The first-order chi connectivity index (χ1) is 17.7. The molecule has 0 bridgehead atoms. The summed E-state index contributed by atoms with van der Waals surface area (Å²) < 4.78 is 37.8. The Balaban J connectivity index is 1.83. The van der Waals surface area contributed by atoms with Crippen LogP contribution in [0.25, 0.3) is 0 Å². The molecule has 37 heavy (non-hydrogen) atoms. The highest BCUT2D eigenvalue weighted by atomic mass is 32.2. The summed E-state index contributed by atoms with van der Waals surface area (Å²) in [6, 6.07) is 14.4. The average Bonchev–Trinajstić information content (AvgIpc) is 3.33.